The van der Waals surface area contributed by atoms with Crippen LogP contribution in [-0.4, -0.2) is 41.5 Å². The monoisotopic (exact) mass is 391 g/mol. The van der Waals surface area contributed by atoms with Crippen LogP contribution in [-0.2, 0) is 12.1 Å². The van der Waals surface area contributed by atoms with Crippen LogP contribution < -0.4 is 5.32 Å². The summed E-state index contributed by atoms with van der Waals surface area (Å²) >= 11 is 0. The van der Waals surface area contributed by atoms with Crippen LogP contribution in [0.15, 0.2) is 61.2 Å². The molecule has 0 bridgehead atoms. The number of urea groups is 1. The topological polar surface area (TPSA) is 35.6 Å². The van der Waals surface area contributed by atoms with Gasteiger partial charge in [0.15, 0.2) is 0 Å². The van der Waals surface area contributed by atoms with E-state index >= 15 is 0 Å². The number of carbonyl (C=O) groups is 1. The van der Waals surface area contributed by atoms with E-state index in [1.807, 2.05) is 24.0 Å². The van der Waals surface area contributed by atoms with Crippen LogP contribution in [0.25, 0.3) is 5.57 Å². The molecule has 2 aromatic rings. The molecule has 154 valence electrons. The van der Waals surface area contributed by atoms with Gasteiger partial charge in [0.25, 0.3) is 0 Å². The number of nitrogens with one attached hydrogen (secondary N) is 1. The fourth-order valence-corrected chi connectivity index (χ4v) is 3.82. The molecule has 1 N–H and O–H groups in total. The highest BCUT2D eigenvalue weighted by Crippen LogP contribution is 2.24. The second-order valence-electron chi connectivity index (χ2n) is 8.67. The van der Waals surface area contributed by atoms with E-state index in [0.29, 0.717) is 6.04 Å². The van der Waals surface area contributed by atoms with Gasteiger partial charge in [-0.15, -0.1) is 0 Å². The van der Waals surface area contributed by atoms with Gasteiger partial charge >= 0.3 is 6.03 Å². The number of hydrogen-bond acceptors (Lipinski definition) is 2. The van der Waals surface area contributed by atoms with Gasteiger partial charge < -0.3 is 10.2 Å². The minimum Gasteiger partial charge on any atom is -0.329 e. The van der Waals surface area contributed by atoms with E-state index in [1.165, 1.54) is 5.56 Å². The standard InChI is InChI=1S/C25H33N3O/c1-19(2)22-12-9-13-23(16-22)25(4,5)26-24(29)28-15-14-27(20(3)17-28)18-21-10-7-6-8-11-21/h6-13,16,20H,1,14-15,17-18H2,2-5H3,(H,26,29). The molecule has 0 aliphatic carbocycles. The first-order valence-electron chi connectivity index (χ1n) is 10.4. The minimum atomic E-state index is -0.451. The average molecular weight is 392 g/mol. The van der Waals surface area contributed by atoms with Gasteiger partial charge in [-0.1, -0.05) is 60.7 Å². The van der Waals surface area contributed by atoms with E-state index in [4.69, 9.17) is 0 Å². The van der Waals surface area contributed by atoms with Crippen LogP contribution >= 0.6 is 0 Å². The first-order chi connectivity index (χ1) is 13.8. The van der Waals surface area contributed by atoms with Crippen molar-refractivity contribution in [1.82, 2.24) is 15.1 Å². The summed E-state index contributed by atoms with van der Waals surface area (Å²) in [5.74, 6) is 0. The van der Waals surface area contributed by atoms with Crippen molar-refractivity contribution in [2.75, 3.05) is 19.6 Å². The minimum absolute atomic E-state index is 0.00180. The molecular weight excluding hydrogens is 358 g/mol. The average Bonchev–Trinajstić information content (AvgIpc) is 2.70. The number of amides is 2. The summed E-state index contributed by atoms with van der Waals surface area (Å²) in [7, 11) is 0. The van der Waals surface area contributed by atoms with Gasteiger partial charge in [-0.25, -0.2) is 4.79 Å². The smallest absolute Gasteiger partial charge is 0.318 e. The van der Waals surface area contributed by atoms with Gasteiger partial charge in [-0.3, -0.25) is 4.90 Å². The predicted octanol–water partition coefficient (Wildman–Crippen LogP) is 4.87. The Balaban J connectivity index is 1.61. The maximum atomic E-state index is 13.0. The van der Waals surface area contributed by atoms with Crippen molar-refractivity contribution in [2.45, 2.75) is 45.8 Å². The zero-order chi connectivity index (χ0) is 21.0. The van der Waals surface area contributed by atoms with Crippen molar-refractivity contribution in [3.05, 3.63) is 77.9 Å². The molecule has 2 aromatic carbocycles. The van der Waals surface area contributed by atoms with E-state index < -0.39 is 5.54 Å². The second kappa shape index (κ2) is 8.83. The van der Waals surface area contributed by atoms with Crippen LogP contribution in [0.2, 0.25) is 0 Å². The number of hydrogen-bond donors (Lipinski definition) is 1. The molecule has 1 heterocycles. The van der Waals surface area contributed by atoms with Crippen molar-refractivity contribution in [2.24, 2.45) is 0 Å². The van der Waals surface area contributed by atoms with Crippen LogP contribution in [0, 0.1) is 0 Å². The molecule has 29 heavy (non-hydrogen) atoms. The van der Waals surface area contributed by atoms with Crippen molar-refractivity contribution < 1.29 is 4.79 Å². The molecule has 0 aromatic heterocycles. The zero-order valence-electron chi connectivity index (χ0n) is 18.1. The first-order valence-corrected chi connectivity index (χ1v) is 10.4. The third kappa shape index (κ3) is 5.27. The Morgan fingerprint density at radius 1 is 1.14 bits per heavy atom. The number of nitrogens with zero attached hydrogens (tertiary/aromatic N) is 2. The molecule has 4 nitrogen and oxygen atoms in total. The third-order valence-corrected chi connectivity index (χ3v) is 5.78. The normalized spacial score (nSPS) is 17.8. The lowest BCUT2D eigenvalue weighted by Crippen LogP contribution is -2.57. The summed E-state index contributed by atoms with van der Waals surface area (Å²) in [6, 6.07) is 19.1. The quantitative estimate of drug-likeness (QED) is 0.789. The van der Waals surface area contributed by atoms with Crippen molar-refractivity contribution in [3.8, 4) is 0 Å². The fraction of sp³-hybridized carbons (Fsp3) is 0.400. The summed E-state index contributed by atoms with van der Waals surface area (Å²) in [5.41, 5.74) is 4.08. The van der Waals surface area contributed by atoms with E-state index in [2.05, 4.69) is 80.0 Å². The summed E-state index contributed by atoms with van der Waals surface area (Å²) in [6.45, 7) is 15.6. The Kier molecular flexibility index (Phi) is 6.43. The Morgan fingerprint density at radius 3 is 2.52 bits per heavy atom. The second-order valence-corrected chi connectivity index (χ2v) is 8.67. The maximum Gasteiger partial charge on any atom is 0.318 e. The lowest BCUT2D eigenvalue weighted by atomic mass is 9.92. The number of allylic oxidation sites excluding steroid dienone is 1. The molecule has 4 heteroatoms. The Hall–Kier alpha value is -2.59. The van der Waals surface area contributed by atoms with Crippen molar-refractivity contribution >= 4 is 11.6 Å². The Morgan fingerprint density at radius 2 is 1.86 bits per heavy atom. The van der Waals surface area contributed by atoms with E-state index in [9.17, 15) is 4.79 Å². The van der Waals surface area contributed by atoms with E-state index in [1.54, 1.807) is 0 Å². The molecular formula is C25H33N3O. The number of benzene rings is 2. The number of carbonyl (C=O) groups excluding carboxylic acids is 1. The van der Waals surface area contributed by atoms with Gasteiger partial charge in [-0.2, -0.15) is 0 Å². The SMILES string of the molecule is C=C(C)c1cccc(C(C)(C)NC(=O)N2CCN(Cc3ccccc3)C(C)C2)c1. The van der Waals surface area contributed by atoms with Crippen LogP contribution in [0.3, 0.4) is 0 Å². The molecule has 0 radical (unpaired) electrons. The molecule has 0 saturated carbocycles. The van der Waals surface area contributed by atoms with Gasteiger partial charge in [0.2, 0.25) is 0 Å². The number of piperazine rings is 1. The molecule has 1 aliphatic heterocycles. The van der Waals surface area contributed by atoms with Gasteiger partial charge in [0.1, 0.15) is 0 Å². The van der Waals surface area contributed by atoms with Crippen LogP contribution in [0.1, 0.15) is 44.4 Å². The summed E-state index contributed by atoms with van der Waals surface area (Å²) < 4.78 is 0. The first kappa shape index (κ1) is 21.1. The highest BCUT2D eigenvalue weighted by Gasteiger charge is 2.30. The zero-order valence-corrected chi connectivity index (χ0v) is 18.1. The molecule has 1 atom stereocenters. The van der Waals surface area contributed by atoms with Crippen LogP contribution in [0.4, 0.5) is 4.79 Å². The molecule has 3 rings (SSSR count). The van der Waals surface area contributed by atoms with E-state index in [-0.39, 0.29) is 6.03 Å². The van der Waals surface area contributed by atoms with E-state index in [0.717, 1.165) is 42.9 Å². The van der Waals surface area contributed by atoms with Gasteiger partial charge in [0.05, 0.1) is 5.54 Å². The highest BCUT2D eigenvalue weighted by molar-refractivity contribution is 5.75. The summed E-state index contributed by atoms with van der Waals surface area (Å²) in [5, 5.41) is 3.23. The fourth-order valence-electron chi connectivity index (χ4n) is 3.82. The highest BCUT2D eigenvalue weighted by atomic mass is 16.2. The predicted molar refractivity (Wildman–Crippen MR) is 121 cm³/mol. The summed E-state index contributed by atoms with van der Waals surface area (Å²) in [6.07, 6.45) is 0. The van der Waals surface area contributed by atoms with Crippen LogP contribution in [0.5, 0.6) is 0 Å². The maximum absolute atomic E-state index is 13.0. The summed E-state index contributed by atoms with van der Waals surface area (Å²) in [4.78, 5) is 17.4. The molecule has 1 fully saturated rings. The molecule has 1 unspecified atom stereocenters. The Bertz CT molecular complexity index is 859. The van der Waals surface area contributed by atoms with Gasteiger partial charge in [0, 0.05) is 32.2 Å². The third-order valence-electron chi connectivity index (χ3n) is 5.78. The molecule has 2 amide bonds. The number of rotatable bonds is 5. The largest absolute Gasteiger partial charge is 0.329 e. The Labute approximate surface area is 175 Å². The molecule has 1 saturated heterocycles. The lowest BCUT2D eigenvalue weighted by molar-refractivity contribution is 0.0895. The molecule has 0 spiro atoms. The lowest BCUT2D eigenvalue weighted by Gasteiger charge is -2.41. The van der Waals surface area contributed by atoms with Crippen molar-refractivity contribution in [1.29, 1.82) is 0 Å². The van der Waals surface area contributed by atoms with Crippen molar-refractivity contribution in [3.63, 3.8) is 0 Å². The molecule has 1 aliphatic rings. The van der Waals surface area contributed by atoms with Gasteiger partial charge in [-0.05, 0) is 50.5 Å².